The number of hydrogen-bond acceptors (Lipinski definition) is 0. The van der Waals surface area contributed by atoms with Crippen LogP contribution in [-0.4, -0.2) is 0 Å². The zero-order valence-electron chi connectivity index (χ0n) is 12.9. The van der Waals surface area contributed by atoms with Crippen LogP contribution in [0.4, 0.5) is 0 Å². The molecule has 16 heavy (non-hydrogen) atoms. The van der Waals surface area contributed by atoms with Crippen molar-refractivity contribution in [2.75, 3.05) is 0 Å². The monoisotopic (exact) mass is 232 g/mol. The number of hydrogen-bond donors (Lipinski definition) is 0. The van der Waals surface area contributed by atoms with Crippen molar-refractivity contribution in [2.45, 2.75) is 89.0 Å². The van der Waals surface area contributed by atoms with Gasteiger partial charge < -0.3 is 0 Å². The highest BCUT2D eigenvalue weighted by Gasteiger charge is 1.80. The zero-order valence-corrected chi connectivity index (χ0v) is 12.9. The summed E-state index contributed by atoms with van der Waals surface area (Å²) in [5, 5.41) is 0. The minimum absolute atomic E-state index is 0. The van der Waals surface area contributed by atoms with Crippen molar-refractivity contribution >= 4 is 0 Å². The van der Waals surface area contributed by atoms with Crippen LogP contribution >= 0.6 is 0 Å². The third-order valence-electron chi connectivity index (χ3n) is 2.45. The van der Waals surface area contributed by atoms with E-state index in [9.17, 15) is 0 Å². The Balaban J connectivity index is -0.0000000655. The standard InChI is InChI=1S/3C5H12.CH4/c3*1-4-5(2)3;/h3*5H,4H2,1-3H3;1H4. The fraction of sp³-hybridized carbons (Fsp3) is 1.00. The molecular formula is C16H40. The molecule has 0 saturated heterocycles. The molecule has 0 heteroatoms. The second kappa shape index (κ2) is 20.4. The SMILES string of the molecule is C.CCC(C)C.CCC(C)C.CCC(C)C. The Labute approximate surface area is 107 Å². The summed E-state index contributed by atoms with van der Waals surface area (Å²) in [6.45, 7) is 19.9. The molecule has 0 N–H and O–H groups in total. The Morgan fingerprint density at radius 3 is 0.562 bits per heavy atom. The Hall–Kier alpha value is 0. The van der Waals surface area contributed by atoms with E-state index < -0.39 is 0 Å². The van der Waals surface area contributed by atoms with E-state index in [1.54, 1.807) is 0 Å². The maximum Gasteiger partial charge on any atom is -0.0474 e. The van der Waals surface area contributed by atoms with Crippen LogP contribution in [0.2, 0.25) is 0 Å². The van der Waals surface area contributed by atoms with Crippen molar-refractivity contribution in [3.63, 3.8) is 0 Å². The molecule has 0 saturated carbocycles. The molecule has 0 aromatic carbocycles. The molecule has 0 atom stereocenters. The van der Waals surface area contributed by atoms with Crippen molar-refractivity contribution in [1.82, 2.24) is 0 Å². The van der Waals surface area contributed by atoms with Crippen LogP contribution in [0.1, 0.15) is 89.0 Å². The number of rotatable bonds is 3. The van der Waals surface area contributed by atoms with Crippen molar-refractivity contribution in [3.05, 3.63) is 0 Å². The highest BCUT2D eigenvalue weighted by molar-refractivity contribution is 4.33. The van der Waals surface area contributed by atoms with Gasteiger partial charge in [0.1, 0.15) is 0 Å². The molecule has 0 heterocycles. The van der Waals surface area contributed by atoms with E-state index in [-0.39, 0.29) is 7.43 Å². The molecule has 0 aliphatic heterocycles. The summed E-state index contributed by atoms with van der Waals surface area (Å²) in [6, 6.07) is 0. The van der Waals surface area contributed by atoms with Crippen LogP contribution in [0.3, 0.4) is 0 Å². The molecule has 0 fully saturated rings. The van der Waals surface area contributed by atoms with Crippen LogP contribution < -0.4 is 0 Å². The minimum atomic E-state index is 0. The first kappa shape index (κ1) is 25.0. The highest BCUT2D eigenvalue weighted by atomic mass is 13.9. The van der Waals surface area contributed by atoms with Gasteiger partial charge in [0.2, 0.25) is 0 Å². The maximum absolute atomic E-state index is 2.22. The van der Waals surface area contributed by atoms with Gasteiger partial charge in [-0.2, -0.15) is 0 Å². The van der Waals surface area contributed by atoms with E-state index >= 15 is 0 Å². The third kappa shape index (κ3) is 65.7. The van der Waals surface area contributed by atoms with Gasteiger partial charge in [0, 0.05) is 0 Å². The van der Waals surface area contributed by atoms with Gasteiger partial charge in [0.15, 0.2) is 0 Å². The average molecular weight is 232 g/mol. The molecule has 0 nitrogen and oxygen atoms in total. The molecule has 0 aromatic rings. The lowest BCUT2D eigenvalue weighted by Gasteiger charge is -1.90. The van der Waals surface area contributed by atoms with Crippen molar-refractivity contribution < 1.29 is 0 Å². The van der Waals surface area contributed by atoms with Crippen LogP contribution in [0.15, 0.2) is 0 Å². The summed E-state index contributed by atoms with van der Waals surface area (Å²) in [7, 11) is 0. The minimum Gasteiger partial charge on any atom is -0.0776 e. The van der Waals surface area contributed by atoms with Crippen LogP contribution in [-0.2, 0) is 0 Å². The van der Waals surface area contributed by atoms with E-state index in [1.807, 2.05) is 0 Å². The predicted molar refractivity (Wildman–Crippen MR) is 82.1 cm³/mol. The quantitative estimate of drug-likeness (QED) is 0.502. The first-order chi connectivity index (χ1) is 6.81. The van der Waals surface area contributed by atoms with Gasteiger partial charge in [-0.3, -0.25) is 0 Å². The summed E-state index contributed by atoms with van der Waals surface area (Å²) in [5.41, 5.74) is 0. The Kier molecular flexibility index (Phi) is 31.9. The van der Waals surface area contributed by atoms with Gasteiger partial charge in [0.25, 0.3) is 0 Å². The summed E-state index contributed by atoms with van der Waals surface area (Å²) in [4.78, 5) is 0. The van der Waals surface area contributed by atoms with Crippen molar-refractivity contribution in [2.24, 2.45) is 17.8 Å². The third-order valence-corrected chi connectivity index (χ3v) is 2.45. The van der Waals surface area contributed by atoms with Gasteiger partial charge in [0.05, 0.1) is 0 Å². The van der Waals surface area contributed by atoms with Crippen molar-refractivity contribution in [3.8, 4) is 0 Å². The largest absolute Gasteiger partial charge is 0.0776 e. The molecule has 0 aliphatic carbocycles. The van der Waals surface area contributed by atoms with Crippen molar-refractivity contribution in [1.29, 1.82) is 0 Å². The van der Waals surface area contributed by atoms with Crippen LogP contribution in [0.25, 0.3) is 0 Å². The van der Waals surface area contributed by atoms with Gasteiger partial charge >= 0.3 is 0 Å². The highest BCUT2D eigenvalue weighted by Crippen LogP contribution is 1.94. The summed E-state index contributed by atoms with van der Waals surface area (Å²) < 4.78 is 0. The average Bonchev–Trinajstić information content (AvgIpc) is 2.19. The first-order valence-corrected chi connectivity index (χ1v) is 6.81. The molecule has 0 spiro atoms. The second-order valence-electron chi connectivity index (χ2n) is 5.41. The Bertz CT molecular complexity index is 61.0. The second-order valence-corrected chi connectivity index (χ2v) is 5.41. The van der Waals surface area contributed by atoms with Crippen LogP contribution in [0, 0.1) is 17.8 Å². The van der Waals surface area contributed by atoms with E-state index in [0.717, 1.165) is 17.8 Å². The molecule has 0 unspecified atom stereocenters. The fourth-order valence-electron chi connectivity index (χ4n) is 0. The van der Waals surface area contributed by atoms with Gasteiger partial charge in [-0.25, -0.2) is 0 Å². The predicted octanol–water partition coefficient (Wildman–Crippen LogP) is 6.79. The van der Waals surface area contributed by atoms with E-state index in [0.29, 0.717) is 0 Å². The van der Waals surface area contributed by atoms with E-state index in [2.05, 4.69) is 62.3 Å². The molecule has 0 aromatic heterocycles. The van der Waals surface area contributed by atoms with Gasteiger partial charge in [-0.15, -0.1) is 0 Å². The summed E-state index contributed by atoms with van der Waals surface area (Å²) in [5.74, 6) is 2.65. The van der Waals surface area contributed by atoms with Crippen LogP contribution in [0.5, 0.6) is 0 Å². The zero-order chi connectivity index (χ0) is 12.9. The Morgan fingerprint density at radius 1 is 0.500 bits per heavy atom. The smallest absolute Gasteiger partial charge is 0.0474 e. The first-order valence-electron chi connectivity index (χ1n) is 6.81. The summed E-state index contributed by atoms with van der Waals surface area (Å²) >= 11 is 0. The molecule has 0 aliphatic rings. The molecule has 104 valence electrons. The fourth-order valence-corrected chi connectivity index (χ4v) is 0. The molecule has 0 bridgehead atoms. The lowest BCUT2D eigenvalue weighted by Crippen LogP contribution is -1.77. The van der Waals surface area contributed by atoms with Gasteiger partial charge in [-0.1, -0.05) is 89.0 Å². The maximum atomic E-state index is 2.22. The molecular weight excluding hydrogens is 192 g/mol. The lowest BCUT2D eigenvalue weighted by molar-refractivity contribution is 0.626. The molecule has 0 amide bonds. The molecule has 0 radical (unpaired) electrons. The van der Waals surface area contributed by atoms with E-state index in [4.69, 9.17) is 0 Å². The summed E-state index contributed by atoms with van der Waals surface area (Å²) in [6.07, 6.45) is 3.92. The topological polar surface area (TPSA) is 0 Å². The Morgan fingerprint density at radius 2 is 0.562 bits per heavy atom. The lowest BCUT2D eigenvalue weighted by atomic mass is 10.2. The molecule has 0 rings (SSSR count). The van der Waals surface area contributed by atoms with E-state index in [1.165, 1.54) is 19.3 Å². The van der Waals surface area contributed by atoms with Gasteiger partial charge in [-0.05, 0) is 17.8 Å². The normalized spacial score (nSPS) is 9.00.